The third-order valence-corrected chi connectivity index (χ3v) is 9.78. The fourth-order valence-electron chi connectivity index (χ4n) is 7.09. The van der Waals surface area contributed by atoms with Gasteiger partial charge in [-0.1, -0.05) is 79.2 Å². The van der Waals surface area contributed by atoms with E-state index in [1.807, 2.05) is 24.3 Å². The van der Waals surface area contributed by atoms with Gasteiger partial charge in [-0.05, 0) is 91.3 Å². The lowest BCUT2D eigenvalue weighted by Gasteiger charge is -2.36. The van der Waals surface area contributed by atoms with Gasteiger partial charge in [0.15, 0.2) is 11.5 Å². The summed E-state index contributed by atoms with van der Waals surface area (Å²) in [6, 6.07) is 34.1. The summed E-state index contributed by atoms with van der Waals surface area (Å²) in [6.45, 7) is 1.62. The van der Waals surface area contributed by atoms with E-state index in [2.05, 4.69) is 83.4 Å². The molecular weight excluding hydrogens is 584 g/mol. The number of methoxy groups -OCH3 is 3. The Morgan fingerprint density at radius 2 is 1.45 bits per heavy atom. The third-order valence-electron chi connectivity index (χ3n) is 9.78. The Labute approximate surface area is 280 Å². The molecule has 0 bridgehead atoms. The van der Waals surface area contributed by atoms with Gasteiger partial charge in [-0.15, -0.1) is 0 Å². The zero-order valence-electron chi connectivity index (χ0n) is 28.2. The molecule has 1 unspecified atom stereocenters. The molecule has 0 saturated heterocycles. The monoisotopic (exact) mass is 634 g/mol. The van der Waals surface area contributed by atoms with Crippen LogP contribution >= 0.6 is 0 Å². The molecule has 1 aliphatic heterocycles. The Balaban J connectivity index is 1.22. The number of ether oxygens (including phenoxy) is 3. The summed E-state index contributed by atoms with van der Waals surface area (Å²) in [5.41, 5.74) is 6.15. The molecule has 0 aliphatic carbocycles. The van der Waals surface area contributed by atoms with E-state index in [4.69, 9.17) is 14.2 Å². The Morgan fingerprint density at radius 3 is 2.09 bits per heavy atom. The van der Waals surface area contributed by atoms with Crippen LogP contribution in [0.3, 0.4) is 0 Å². The minimum absolute atomic E-state index is 0.0999. The van der Waals surface area contributed by atoms with Gasteiger partial charge in [0.1, 0.15) is 5.75 Å². The fraction of sp³-hybridized carbons (Fsp3) is 0.390. The Morgan fingerprint density at radius 1 is 0.809 bits per heavy atom. The maximum absolute atomic E-state index is 12.8. The topological polar surface area (TPSA) is 68.8 Å². The number of amides is 1. The summed E-state index contributed by atoms with van der Waals surface area (Å²) in [4.78, 5) is 12.8. The van der Waals surface area contributed by atoms with Crippen LogP contribution in [0.1, 0.15) is 67.2 Å². The van der Waals surface area contributed by atoms with Crippen molar-refractivity contribution in [2.24, 2.45) is 5.92 Å². The Hall–Kier alpha value is -4.45. The molecule has 0 radical (unpaired) electrons. The first kappa shape index (κ1) is 33.9. The molecule has 1 amide bonds. The van der Waals surface area contributed by atoms with Crippen molar-refractivity contribution in [2.75, 3.05) is 39.7 Å². The summed E-state index contributed by atoms with van der Waals surface area (Å²) < 4.78 is 16.4. The van der Waals surface area contributed by atoms with Crippen LogP contribution in [0, 0.1) is 5.92 Å². The number of aryl methyl sites for hydroxylation is 2. The summed E-state index contributed by atoms with van der Waals surface area (Å²) in [6.07, 6.45) is 8.55. The highest BCUT2D eigenvalue weighted by Gasteiger charge is 2.33. The van der Waals surface area contributed by atoms with Gasteiger partial charge in [-0.3, -0.25) is 4.79 Å². The lowest BCUT2D eigenvalue weighted by molar-refractivity contribution is -0.121. The van der Waals surface area contributed by atoms with Gasteiger partial charge >= 0.3 is 0 Å². The number of anilines is 1. The highest BCUT2D eigenvalue weighted by molar-refractivity contribution is 5.76. The first-order valence-electron chi connectivity index (χ1n) is 17.0. The van der Waals surface area contributed by atoms with Gasteiger partial charge in [0.05, 0.1) is 21.3 Å². The molecule has 6 nitrogen and oxygen atoms in total. The number of fused-ring (bicyclic) bond motifs is 1. The van der Waals surface area contributed by atoms with Crippen LogP contribution in [0.2, 0.25) is 0 Å². The van der Waals surface area contributed by atoms with Crippen LogP contribution in [-0.2, 0) is 23.1 Å². The van der Waals surface area contributed by atoms with Crippen LogP contribution in [0.5, 0.6) is 17.2 Å². The minimum atomic E-state index is -0.127. The highest BCUT2D eigenvalue weighted by atomic mass is 16.5. The zero-order valence-corrected chi connectivity index (χ0v) is 28.2. The van der Waals surface area contributed by atoms with E-state index in [-0.39, 0.29) is 11.3 Å². The van der Waals surface area contributed by atoms with E-state index in [1.165, 1.54) is 16.7 Å². The van der Waals surface area contributed by atoms with Crippen LogP contribution < -0.4 is 24.8 Å². The average molecular weight is 635 g/mol. The van der Waals surface area contributed by atoms with E-state index < -0.39 is 0 Å². The standard InChI is InChI=1S/C41H50N2O4/c1-45-36-22-18-31(19-23-36)20-24-40(44)42-27-11-26-41(34-13-6-4-7-14-34,35-15-8-5-9-16-35)25-10-12-32-17-21-33-28-38(46-2)39(47-3)29-37(33)43-30-32/h4-9,13-16,18-19,22-23,28-29,32,43H,10-12,17,20-21,24-27,30H2,1-3H3,(H,42,44). The van der Waals surface area contributed by atoms with Crippen LogP contribution in [0.25, 0.3) is 0 Å². The number of hydrogen-bond donors (Lipinski definition) is 2. The molecule has 5 rings (SSSR count). The number of carbonyl (C=O) groups is 1. The van der Waals surface area contributed by atoms with Crippen molar-refractivity contribution in [1.82, 2.24) is 5.32 Å². The largest absolute Gasteiger partial charge is 0.497 e. The second kappa shape index (κ2) is 16.9. The highest BCUT2D eigenvalue weighted by Crippen LogP contribution is 2.42. The first-order valence-corrected chi connectivity index (χ1v) is 17.0. The molecule has 0 aromatic heterocycles. The number of carbonyl (C=O) groups excluding carboxylic acids is 1. The molecule has 0 saturated carbocycles. The predicted molar refractivity (Wildman–Crippen MR) is 191 cm³/mol. The average Bonchev–Trinajstić information content (AvgIpc) is 3.33. The molecule has 4 aromatic rings. The van der Waals surface area contributed by atoms with Gasteiger partial charge in [0.2, 0.25) is 5.91 Å². The minimum Gasteiger partial charge on any atom is -0.497 e. The maximum atomic E-state index is 12.8. The molecule has 0 spiro atoms. The lowest BCUT2D eigenvalue weighted by Crippen LogP contribution is -2.31. The molecule has 1 atom stereocenters. The van der Waals surface area contributed by atoms with Gasteiger partial charge in [-0.2, -0.15) is 0 Å². The quantitative estimate of drug-likeness (QED) is 0.121. The maximum Gasteiger partial charge on any atom is 0.220 e. The summed E-state index contributed by atoms with van der Waals surface area (Å²) in [5, 5.41) is 6.91. The first-order chi connectivity index (χ1) is 23.0. The molecule has 1 aliphatic rings. The molecule has 248 valence electrons. The number of hydrogen-bond acceptors (Lipinski definition) is 5. The lowest BCUT2D eigenvalue weighted by atomic mass is 9.68. The smallest absolute Gasteiger partial charge is 0.220 e. The molecule has 1 heterocycles. The second-order valence-electron chi connectivity index (χ2n) is 12.7. The van der Waals surface area contributed by atoms with Crippen molar-refractivity contribution in [2.45, 2.75) is 63.2 Å². The molecule has 4 aromatic carbocycles. The SMILES string of the molecule is COc1ccc(CCC(=O)NCCCC(CCCC2CCc3cc(OC)c(OC)cc3NC2)(c2ccccc2)c2ccccc2)cc1. The van der Waals surface area contributed by atoms with Crippen LogP contribution in [0.15, 0.2) is 97.1 Å². The number of nitrogens with one attached hydrogen (secondary N) is 2. The van der Waals surface area contributed by atoms with Crippen molar-refractivity contribution in [3.63, 3.8) is 0 Å². The van der Waals surface area contributed by atoms with Gasteiger partial charge in [-0.25, -0.2) is 0 Å². The number of rotatable bonds is 16. The van der Waals surface area contributed by atoms with Crippen LogP contribution in [0.4, 0.5) is 5.69 Å². The van der Waals surface area contributed by atoms with E-state index in [1.54, 1.807) is 21.3 Å². The third kappa shape index (κ3) is 8.88. The predicted octanol–water partition coefficient (Wildman–Crippen LogP) is 8.37. The van der Waals surface area contributed by atoms with Gasteiger partial charge in [0, 0.05) is 36.7 Å². The van der Waals surface area contributed by atoms with Crippen LogP contribution in [-0.4, -0.2) is 40.3 Å². The van der Waals surface area contributed by atoms with Crippen molar-refractivity contribution in [3.05, 3.63) is 119 Å². The number of benzene rings is 4. The van der Waals surface area contributed by atoms with E-state index in [9.17, 15) is 4.79 Å². The summed E-state index contributed by atoms with van der Waals surface area (Å²) >= 11 is 0. The Bertz CT molecular complexity index is 1460. The molecule has 0 fully saturated rings. The second-order valence-corrected chi connectivity index (χ2v) is 12.7. The fourth-order valence-corrected chi connectivity index (χ4v) is 7.09. The summed E-state index contributed by atoms with van der Waals surface area (Å²) in [7, 11) is 5.05. The summed E-state index contributed by atoms with van der Waals surface area (Å²) in [5.74, 6) is 3.06. The van der Waals surface area contributed by atoms with Crippen molar-refractivity contribution in [3.8, 4) is 17.2 Å². The molecule has 2 N–H and O–H groups in total. The van der Waals surface area contributed by atoms with E-state index >= 15 is 0 Å². The van der Waals surface area contributed by atoms with Crippen molar-refractivity contribution >= 4 is 11.6 Å². The molecular formula is C41H50N2O4. The molecule has 6 heteroatoms. The van der Waals surface area contributed by atoms with Gasteiger partial charge < -0.3 is 24.8 Å². The van der Waals surface area contributed by atoms with Gasteiger partial charge in [0.25, 0.3) is 0 Å². The normalized spacial score (nSPS) is 14.3. The molecule has 47 heavy (non-hydrogen) atoms. The van der Waals surface area contributed by atoms with E-state index in [0.29, 0.717) is 18.9 Å². The van der Waals surface area contributed by atoms with Crippen molar-refractivity contribution < 1.29 is 19.0 Å². The zero-order chi connectivity index (χ0) is 32.9. The van der Waals surface area contributed by atoms with E-state index in [0.717, 1.165) is 86.4 Å². The van der Waals surface area contributed by atoms with Crippen molar-refractivity contribution in [1.29, 1.82) is 0 Å². The Kier molecular flexibility index (Phi) is 12.2.